The third-order valence-corrected chi connectivity index (χ3v) is 5.50. The predicted molar refractivity (Wildman–Crippen MR) is 69.1 cm³/mol. The summed E-state index contributed by atoms with van der Waals surface area (Å²) in [5.41, 5.74) is 0. The second-order valence-electron chi connectivity index (χ2n) is 4.54. The van der Waals surface area contributed by atoms with Crippen molar-refractivity contribution < 1.29 is 8.85 Å². The topological polar surface area (TPSA) is 24.9 Å². The Balaban J connectivity index is 2.40. The molecule has 0 radical (unpaired) electrons. The number of nitrogens with zero attached hydrogens (tertiary/aromatic N) is 2. The Bertz CT molecular complexity index is 183. The Morgan fingerprint density at radius 2 is 1.69 bits per heavy atom. The molecule has 1 fully saturated rings. The van der Waals surface area contributed by atoms with E-state index in [9.17, 15) is 0 Å². The molecular weight excluding hydrogens is 220 g/mol. The van der Waals surface area contributed by atoms with Crippen molar-refractivity contribution in [1.82, 2.24) is 9.80 Å². The first kappa shape index (κ1) is 14.1. The van der Waals surface area contributed by atoms with E-state index >= 15 is 0 Å². The van der Waals surface area contributed by atoms with Crippen LogP contribution in [0.1, 0.15) is 13.3 Å². The zero-order valence-corrected chi connectivity index (χ0v) is 12.3. The lowest BCUT2D eigenvalue weighted by molar-refractivity contribution is 0.111. The molecule has 96 valence electrons. The molecule has 1 unspecified atom stereocenters. The Kier molecular flexibility index (Phi) is 6.53. The highest BCUT2D eigenvalue weighted by Crippen LogP contribution is 2.14. The minimum Gasteiger partial charge on any atom is -0.400 e. The molecule has 0 spiro atoms. The van der Waals surface area contributed by atoms with Gasteiger partial charge in [-0.05, 0) is 13.5 Å². The molecule has 1 rings (SSSR count). The maximum Gasteiger partial charge on any atom is 0.322 e. The standard InChI is InChI=1S/C11H26N2O2Si/c1-5-11(10-16(14-3)15-4)13-8-6-12(2)7-9-13/h11,16H,5-10H2,1-4H3. The minimum absolute atomic E-state index is 0.644. The summed E-state index contributed by atoms with van der Waals surface area (Å²) in [5.74, 6) is 0. The highest BCUT2D eigenvalue weighted by molar-refractivity contribution is 6.44. The Morgan fingerprint density at radius 3 is 2.12 bits per heavy atom. The minimum atomic E-state index is -1.41. The van der Waals surface area contributed by atoms with Crippen LogP contribution >= 0.6 is 0 Å². The summed E-state index contributed by atoms with van der Waals surface area (Å²) in [4.78, 5) is 4.99. The first-order valence-corrected chi connectivity index (χ1v) is 7.95. The first-order chi connectivity index (χ1) is 7.71. The van der Waals surface area contributed by atoms with E-state index in [4.69, 9.17) is 8.85 Å². The van der Waals surface area contributed by atoms with Crippen LogP contribution in [0.2, 0.25) is 6.04 Å². The molecule has 1 heterocycles. The molecule has 0 N–H and O–H groups in total. The lowest BCUT2D eigenvalue weighted by Crippen LogP contribution is -2.50. The smallest absolute Gasteiger partial charge is 0.322 e. The number of hydrogen-bond donors (Lipinski definition) is 0. The molecule has 5 heteroatoms. The highest BCUT2D eigenvalue weighted by atomic mass is 28.3. The van der Waals surface area contributed by atoms with Crippen LogP contribution < -0.4 is 0 Å². The van der Waals surface area contributed by atoms with Gasteiger partial charge in [-0.2, -0.15) is 0 Å². The monoisotopic (exact) mass is 246 g/mol. The van der Waals surface area contributed by atoms with Crippen LogP contribution in [-0.4, -0.2) is 72.6 Å². The molecule has 0 amide bonds. The van der Waals surface area contributed by atoms with Crippen LogP contribution in [0.25, 0.3) is 0 Å². The van der Waals surface area contributed by atoms with Crippen LogP contribution in [0.15, 0.2) is 0 Å². The molecule has 0 aromatic carbocycles. The van der Waals surface area contributed by atoms with Crippen LogP contribution in [0.4, 0.5) is 0 Å². The molecule has 1 saturated heterocycles. The molecule has 0 saturated carbocycles. The fraction of sp³-hybridized carbons (Fsp3) is 1.00. The van der Waals surface area contributed by atoms with Crippen LogP contribution in [0.3, 0.4) is 0 Å². The fourth-order valence-corrected chi connectivity index (χ4v) is 3.92. The summed E-state index contributed by atoms with van der Waals surface area (Å²) in [7, 11) is 4.33. The average Bonchev–Trinajstić information content (AvgIpc) is 2.32. The number of likely N-dealkylation sites (N-methyl/N-ethyl adjacent to an activating group) is 1. The van der Waals surface area contributed by atoms with Crippen LogP contribution in [-0.2, 0) is 8.85 Å². The second-order valence-corrected chi connectivity index (χ2v) is 6.81. The molecule has 1 aliphatic heterocycles. The van der Waals surface area contributed by atoms with Gasteiger partial charge in [-0.25, -0.2) is 0 Å². The third-order valence-electron chi connectivity index (χ3n) is 3.52. The molecule has 1 atom stereocenters. The summed E-state index contributed by atoms with van der Waals surface area (Å²) >= 11 is 0. The molecule has 0 aromatic rings. The van der Waals surface area contributed by atoms with Crippen molar-refractivity contribution in [2.45, 2.75) is 25.4 Å². The average molecular weight is 246 g/mol. The summed E-state index contributed by atoms with van der Waals surface area (Å²) in [5, 5.41) is 0. The van der Waals surface area contributed by atoms with Gasteiger partial charge in [-0.15, -0.1) is 0 Å². The van der Waals surface area contributed by atoms with Gasteiger partial charge in [0.1, 0.15) is 0 Å². The second kappa shape index (κ2) is 7.40. The van der Waals surface area contributed by atoms with Crippen LogP contribution in [0, 0.1) is 0 Å². The van der Waals surface area contributed by atoms with E-state index in [0.29, 0.717) is 6.04 Å². The van der Waals surface area contributed by atoms with Crippen molar-refractivity contribution in [2.75, 3.05) is 47.4 Å². The van der Waals surface area contributed by atoms with E-state index in [1.54, 1.807) is 14.2 Å². The molecule has 0 bridgehead atoms. The van der Waals surface area contributed by atoms with Gasteiger partial charge in [0.2, 0.25) is 0 Å². The SMILES string of the molecule is CCC(C[SiH](OC)OC)N1CCN(C)CC1. The predicted octanol–water partition coefficient (Wildman–Crippen LogP) is 0.526. The van der Waals surface area contributed by atoms with Crippen molar-refractivity contribution in [1.29, 1.82) is 0 Å². The van der Waals surface area contributed by atoms with Gasteiger partial charge in [0.05, 0.1) is 0 Å². The first-order valence-electron chi connectivity index (χ1n) is 6.19. The van der Waals surface area contributed by atoms with Gasteiger partial charge in [0, 0.05) is 52.5 Å². The van der Waals surface area contributed by atoms with Crippen molar-refractivity contribution in [3.05, 3.63) is 0 Å². The maximum absolute atomic E-state index is 5.42. The third kappa shape index (κ3) is 4.14. The Hall–Kier alpha value is 0.0569. The molecule has 0 aromatic heterocycles. The van der Waals surface area contributed by atoms with E-state index in [1.807, 2.05) is 0 Å². The lowest BCUT2D eigenvalue weighted by Gasteiger charge is -2.38. The number of rotatable bonds is 6. The lowest BCUT2D eigenvalue weighted by atomic mass is 10.2. The van der Waals surface area contributed by atoms with E-state index < -0.39 is 9.28 Å². The van der Waals surface area contributed by atoms with E-state index in [2.05, 4.69) is 23.8 Å². The molecule has 1 aliphatic rings. The zero-order valence-electron chi connectivity index (χ0n) is 11.1. The summed E-state index contributed by atoms with van der Waals surface area (Å²) in [6, 6.07) is 1.75. The zero-order chi connectivity index (χ0) is 12.0. The largest absolute Gasteiger partial charge is 0.400 e. The van der Waals surface area contributed by atoms with Gasteiger partial charge < -0.3 is 13.8 Å². The van der Waals surface area contributed by atoms with Crippen LogP contribution in [0.5, 0.6) is 0 Å². The van der Waals surface area contributed by atoms with Crippen molar-refractivity contribution >= 4 is 9.28 Å². The fourth-order valence-electron chi connectivity index (χ4n) is 2.27. The molecular formula is C11H26N2O2Si. The van der Waals surface area contributed by atoms with Crippen molar-refractivity contribution in [3.63, 3.8) is 0 Å². The number of piperazine rings is 1. The van der Waals surface area contributed by atoms with E-state index in [-0.39, 0.29) is 0 Å². The van der Waals surface area contributed by atoms with E-state index in [1.165, 1.54) is 32.6 Å². The van der Waals surface area contributed by atoms with E-state index in [0.717, 1.165) is 6.04 Å². The van der Waals surface area contributed by atoms with Gasteiger partial charge in [0.15, 0.2) is 0 Å². The van der Waals surface area contributed by atoms with Crippen molar-refractivity contribution in [3.8, 4) is 0 Å². The van der Waals surface area contributed by atoms with Gasteiger partial charge >= 0.3 is 9.28 Å². The normalized spacial score (nSPS) is 21.6. The summed E-state index contributed by atoms with van der Waals surface area (Å²) in [6.45, 7) is 7.00. The maximum atomic E-state index is 5.42. The Morgan fingerprint density at radius 1 is 1.12 bits per heavy atom. The Labute approximate surface area is 101 Å². The highest BCUT2D eigenvalue weighted by Gasteiger charge is 2.25. The summed E-state index contributed by atoms with van der Waals surface area (Å²) in [6.07, 6.45) is 1.19. The molecule has 16 heavy (non-hydrogen) atoms. The van der Waals surface area contributed by atoms with Gasteiger partial charge in [0.25, 0.3) is 0 Å². The summed E-state index contributed by atoms with van der Waals surface area (Å²) < 4.78 is 10.8. The molecule has 4 nitrogen and oxygen atoms in total. The van der Waals surface area contributed by atoms with Gasteiger partial charge in [-0.1, -0.05) is 6.92 Å². The quantitative estimate of drug-likeness (QED) is 0.638. The van der Waals surface area contributed by atoms with Crippen molar-refractivity contribution in [2.24, 2.45) is 0 Å². The number of hydrogen-bond acceptors (Lipinski definition) is 4. The van der Waals surface area contributed by atoms with Gasteiger partial charge in [-0.3, -0.25) is 4.90 Å². The molecule has 0 aliphatic carbocycles.